The van der Waals surface area contributed by atoms with Crippen LogP contribution in [0.2, 0.25) is 0 Å². The van der Waals surface area contributed by atoms with Gasteiger partial charge in [0.1, 0.15) is 11.3 Å². The number of aromatic nitrogens is 3. The first-order valence-electron chi connectivity index (χ1n) is 7.65. The first kappa shape index (κ1) is 13.6. The molecular formula is C16H24N4. The molecule has 0 saturated carbocycles. The molecule has 0 aromatic carbocycles. The van der Waals surface area contributed by atoms with Crippen molar-refractivity contribution in [1.29, 1.82) is 0 Å². The maximum Gasteiger partial charge on any atom is 0.160 e. The molecule has 4 nitrogen and oxygen atoms in total. The second-order valence-electron chi connectivity index (χ2n) is 6.35. The van der Waals surface area contributed by atoms with Crippen molar-refractivity contribution in [3.05, 3.63) is 24.2 Å². The Morgan fingerprint density at radius 3 is 2.65 bits per heavy atom. The summed E-state index contributed by atoms with van der Waals surface area (Å²) in [5, 5.41) is 0. The Morgan fingerprint density at radius 1 is 1.20 bits per heavy atom. The van der Waals surface area contributed by atoms with Gasteiger partial charge in [0.25, 0.3) is 0 Å². The third-order valence-electron chi connectivity index (χ3n) is 4.31. The average molecular weight is 272 g/mol. The molecule has 0 spiro atoms. The zero-order chi connectivity index (χ0) is 14.3. The molecule has 3 heterocycles. The topological polar surface area (TPSA) is 34.0 Å². The molecule has 1 aliphatic rings. The molecule has 1 fully saturated rings. The lowest BCUT2D eigenvalue weighted by molar-refractivity contribution is 0.271. The van der Waals surface area contributed by atoms with Gasteiger partial charge in [0.15, 0.2) is 5.65 Å². The molecule has 1 unspecified atom stereocenters. The van der Waals surface area contributed by atoms with E-state index in [9.17, 15) is 0 Å². The van der Waals surface area contributed by atoms with Crippen LogP contribution in [-0.4, -0.2) is 38.6 Å². The van der Waals surface area contributed by atoms with Gasteiger partial charge in [-0.25, -0.2) is 9.97 Å². The summed E-state index contributed by atoms with van der Waals surface area (Å²) in [4.78, 5) is 12.0. The first-order chi connectivity index (χ1) is 9.58. The molecule has 0 bridgehead atoms. The van der Waals surface area contributed by atoms with Crippen LogP contribution < -0.4 is 0 Å². The fraction of sp³-hybridized carbons (Fsp3) is 0.625. The highest BCUT2D eigenvalue weighted by atomic mass is 15.2. The second-order valence-corrected chi connectivity index (χ2v) is 6.35. The predicted molar refractivity (Wildman–Crippen MR) is 82.0 cm³/mol. The van der Waals surface area contributed by atoms with Crippen molar-refractivity contribution in [2.45, 2.75) is 52.1 Å². The van der Waals surface area contributed by atoms with E-state index in [0.29, 0.717) is 18.0 Å². The summed E-state index contributed by atoms with van der Waals surface area (Å²) in [5.41, 5.74) is 2.06. The van der Waals surface area contributed by atoms with Crippen molar-refractivity contribution in [1.82, 2.24) is 19.4 Å². The van der Waals surface area contributed by atoms with Crippen molar-refractivity contribution < 1.29 is 0 Å². The van der Waals surface area contributed by atoms with E-state index >= 15 is 0 Å². The molecule has 0 aliphatic carbocycles. The summed E-state index contributed by atoms with van der Waals surface area (Å²) in [5.74, 6) is 1.76. The summed E-state index contributed by atoms with van der Waals surface area (Å²) in [7, 11) is 0. The maximum absolute atomic E-state index is 4.88. The van der Waals surface area contributed by atoms with Crippen LogP contribution in [0.5, 0.6) is 0 Å². The Morgan fingerprint density at radius 2 is 2.00 bits per heavy atom. The van der Waals surface area contributed by atoms with Gasteiger partial charge in [-0.15, -0.1) is 0 Å². The maximum atomic E-state index is 4.88. The van der Waals surface area contributed by atoms with Gasteiger partial charge in [-0.1, -0.05) is 0 Å². The van der Waals surface area contributed by atoms with Crippen molar-refractivity contribution in [3.63, 3.8) is 0 Å². The van der Waals surface area contributed by atoms with Gasteiger partial charge in [-0.3, -0.25) is 0 Å². The third kappa shape index (κ3) is 2.22. The number of nitrogens with zero attached hydrogens (tertiary/aromatic N) is 4. The van der Waals surface area contributed by atoms with E-state index in [-0.39, 0.29) is 0 Å². The molecule has 4 heteroatoms. The number of rotatable bonds is 3. The minimum absolute atomic E-state index is 0.401. The Hall–Kier alpha value is -1.42. The summed E-state index contributed by atoms with van der Waals surface area (Å²) >= 11 is 0. The Balaban J connectivity index is 2.01. The van der Waals surface area contributed by atoms with Gasteiger partial charge < -0.3 is 9.47 Å². The van der Waals surface area contributed by atoms with Gasteiger partial charge in [0, 0.05) is 30.7 Å². The van der Waals surface area contributed by atoms with E-state index in [4.69, 9.17) is 4.98 Å². The minimum Gasteiger partial charge on any atom is -0.310 e. The van der Waals surface area contributed by atoms with Gasteiger partial charge in [0.2, 0.25) is 0 Å². The fourth-order valence-electron chi connectivity index (χ4n) is 3.21. The number of fused-ring (bicyclic) bond motifs is 1. The normalized spacial score (nSPS) is 20.6. The van der Waals surface area contributed by atoms with E-state index in [0.717, 1.165) is 17.7 Å². The Kier molecular flexibility index (Phi) is 3.50. The number of imidazole rings is 1. The Bertz CT molecular complexity index is 600. The van der Waals surface area contributed by atoms with Crippen LogP contribution in [0.25, 0.3) is 11.2 Å². The van der Waals surface area contributed by atoms with Crippen LogP contribution >= 0.6 is 0 Å². The molecule has 108 valence electrons. The third-order valence-corrected chi connectivity index (χ3v) is 4.31. The number of likely N-dealkylation sites (tertiary alicyclic amines) is 1. The predicted octanol–water partition coefficient (Wildman–Crippen LogP) is 3.21. The van der Waals surface area contributed by atoms with Gasteiger partial charge in [-0.05, 0) is 52.8 Å². The second kappa shape index (κ2) is 5.17. The van der Waals surface area contributed by atoms with Crippen LogP contribution in [0.1, 0.15) is 51.9 Å². The zero-order valence-corrected chi connectivity index (χ0v) is 12.9. The molecule has 0 amide bonds. The lowest BCUT2D eigenvalue weighted by Gasteiger charge is -2.21. The van der Waals surface area contributed by atoms with E-state index in [1.165, 1.54) is 18.8 Å². The van der Waals surface area contributed by atoms with Crippen LogP contribution in [0.15, 0.2) is 18.3 Å². The number of hydrogen-bond donors (Lipinski definition) is 0. The summed E-state index contributed by atoms with van der Waals surface area (Å²) in [6.45, 7) is 11.3. The van der Waals surface area contributed by atoms with Gasteiger partial charge in [-0.2, -0.15) is 0 Å². The molecule has 2 aromatic heterocycles. The van der Waals surface area contributed by atoms with E-state index in [2.05, 4.69) is 48.2 Å². The SMILES string of the molecule is CC(C)N1CCC(c2nc3cccnc3n2C(C)C)C1. The molecule has 20 heavy (non-hydrogen) atoms. The highest BCUT2D eigenvalue weighted by molar-refractivity contribution is 5.71. The quantitative estimate of drug-likeness (QED) is 0.860. The molecule has 0 N–H and O–H groups in total. The fourth-order valence-corrected chi connectivity index (χ4v) is 3.21. The van der Waals surface area contributed by atoms with Crippen LogP contribution in [0, 0.1) is 0 Å². The van der Waals surface area contributed by atoms with E-state index in [1.807, 2.05) is 12.3 Å². The average Bonchev–Trinajstić information content (AvgIpc) is 3.02. The summed E-state index contributed by atoms with van der Waals surface area (Å²) in [6.07, 6.45) is 3.07. The zero-order valence-electron chi connectivity index (χ0n) is 12.9. The Labute approximate surface area is 120 Å². The van der Waals surface area contributed by atoms with Gasteiger partial charge in [0.05, 0.1) is 0 Å². The first-order valence-corrected chi connectivity index (χ1v) is 7.65. The highest BCUT2D eigenvalue weighted by Gasteiger charge is 2.30. The molecule has 1 atom stereocenters. The smallest absolute Gasteiger partial charge is 0.160 e. The number of hydrogen-bond acceptors (Lipinski definition) is 3. The van der Waals surface area contributed by atoms with Gasteiger partial charge >= 0.3 is 0 Å². The highest BCUT2D eigenvalue weighted by Crippen LogP contribution is 2.31. The molecule has 0 radical (unpaired) electrons. The van der Waals surface area contributed by atoms with Crippen molar-refractivity contribution in [2.24, 2.45) is 0 Å². The number of pyridine rings is 1. The van der Waals surface area contributed by atoms with Crippen molar-refractivity contribution in [3.8, 4) is 0 Å². The lowest BCUT2D eigenvalue weighted by Crippen LogP contribution is -2.28. The molecule has 2 aromatic rings. The van der Waals surface area contributed by atoms with Crippen LogP contribution in [0.3, 0.4) is 0 Å². The molecule has 3 rings (SSSR count). The van der Waals surface area contributed by atoms with Crippen LogP contribution in [0.4, 0.5) is 0 Å². The largest absolute Gasteiger partial charge is 0.310 e. The van der Waals surface area contributed by atoms with Crippen LogP contribution in [-0.2, 0) is 0 Å². The van der Waals surface area contributed by atoms with Crippen molar-refractivity contribution in [2.75, 3.05) is 13.1 Å². The molecule has 1 saturated heterocycles. The van der Waals surface area contributed by atoms with E-state index in [1.54, 1.807) is 0 Å². The summed E-state index contributed by atoms with van der Waals surface area (Å²) < 4.78 is 2.32. The molecular weight excluding hydrogens is 248 g/mol. The monoisotopic (exact) mass is 272 g/mol. The summed E-state index contributed by atoms with van der Waals surface area (Å²) in [6, 6.07) is 5.06. The lowest BCUT2D eigenvalue weighted by atomic mass is 10.1. The van der Waals surface area contributed by atoms with Crippen molar-refractivity contribution >= 4 is 11.2 Å². The minimum atomic E-state index is 0.401. The van der Waals surface area contributed by atoms with E-state index < -0.39 is 0 Å². The standard InChI is InChI=1S/C16H24N4/c1-11(2)19-9-7-13(10-19)15-18-14-6-5-8-17-16(14)20(15)12(3)4/h5-6,8,11-13H,7,9-10H2,1-4H3. The molecule has 1 aliphatic heterocycles.